The smallest absolute Gasteiger partial charge is 0.251 e. The molecule has 1 unspecified atom stereocenters. The Morgan fingerprint density at radius 2 is 2.00 bits per heavy atom. The number of amides is 2. The number of rotatable bonds is 5. The van der Waals surface area contributed by atoms with Gasteiger partial charge in [-0.3, -0.25) is 9.59 Å². The average Bonchev–Trinajstić information content (AvgIpc) is 2.91. The maximum absolute atomic E-state index is 11.7. The van der Waals surface area contributed by atoms with Crippen LogP contribution >= 0.6 is 0 Å². The van der Waals surface area contributed by atoms with Crippen LogP contribution in [-0.2, 0) is 4.79 Å². The van der Waals surface area contributed by atoms with Gasteiger partial charge in [-0.2, -0.15) is 0 Å². The molecule has 2 rings (SSSR count). The van der Waals surface area contributed by atoms with Gasteiger partial charge in [-0.15, -0.1) is 0 Å². The molecule has 6 heteroatoms. The number of hydrogen-bond donors (Lipinski definition) is 4. The third-order valence-corrected chi connectivity index (χ3v) is 3.28. The van der Waals surface area contributed by atoms with Crippen LogP contribution in [0.2, 0.25) is 0 Å². The van der Waals surface area contributed by atoms with E-state index in [2.05, 4.69) is 16.0 Å². The number of carbonyl (C=O) groups excluding carboxylic acids is 2. The second-order valence-corrected chi connectivity index (χ2v) is 4.98. The minimum atomic E-state index is -0.876. The van der Waals surface area contributed by atoms with Crippen molar-refractivity contribution in [2.75, 3.05) is 26.2 Å². The number of nitrogens with one attached hydrogen (secondary N) is 3. The van der Waals surface area contributed by atoms with Crippen molar-refractivity contribution in [1.82, 2.24) is 16.0 Å². The van der Waals surface area contributed by atoms with Crippen LogP contribution in [0.25, 0.3) is 0 Å². The molecule has 4 N–H and O–H groups in total. The lowest BCUT2D eigenvalue weighted by Gasteiger charge is -2.21. The van der Waals surface area contributed by atoms with Gasteiger partial charge in [-0.1, -0.05) is 18.2 Å². The first-order valence-electron chi connectivity index (χ1n) is 6.62. The standard InChI is InChI=1S/C14H19N3O3/c18-12(17-10-14(20)6-7-15-9-14)8-16-13(19)11-4-2-1-3-5-11/h1-5,15,20H,6-10H2,(H,16,19)(H,17,18). The Morgan fingerprint density at radius 3 is 2.65 bits per heavy atom. The van der Waals surface area contributed by atoms with Crippen LogP contribution in [0.1, 0.15) is 16.8 Å². The number of β-amino-alcohol motifs (C(OH)–C–C–N with tert-alkyl or cyclic N) is 1. The average molecular weight is 277 g/mol. The van der Waals surface area contributed by atoms with E-state index in [1.54, 1.807) is 24.3 Å². The molecular formula is C14H19N3O3. The van der Waals surface area contributed by atoms with E-state index in [0.29, 0.717) is 18.5 Å². The van der Waals surface area contributed by atoms with Gasteiger partial charge in [-0.25, -0.2) is 0 Å². The molecule has 1 aliphatic heterocycles. The molecular weight excluding hydrogens is 258 g/mol. The van der Waals surface area contributed by atoms with Crippen LogP contribution < -0.4 is 16.0 Å². The van der Waals surface area contributed by atoms with Gasteiger partial charge in [0.2, 0.25) is 5.91 Å². The number of hydrogen-bond acceptors (Lipinski definition) is 4. The lowest BCUT2D eigenvalue weighted by atomic mass is 10.0. The third-order valence-electron chi connectivity index (χ3n) is 3.28. The summed E-state index contributed by atoms with van der Waals surface area (Å²) in [6.45, 7) is 1.32. The SMILES string of the molecule is O=C(CNC(=O)c1ccccc1)NCC1(O)CCNC1. The van der Waals surface area contributed by atoms with Crippen LogP contribution in [0.4, 0.5) is 0 Å². The number of benzene rings is 1. The van der Waals surface area contributed by atoms with E-state index in [-0.39, 0.29) is 24.9 Å². The van der Waals surface area contributed by atoms with Crippen LogP contribution in [0, 0.1) is 0 Å². The number of carbonyl (C=O) groups is 2. The highest BCUT2D eigenvalue weighted by atomic mass is 16.3. The minimum Gasteiger partial charge on any atom is -0.387 e. The lowest BCUT2D eigenvalue weighted by Crippen LogP contribution is -2.47. The van der Waals surface area contributed by atoms with Gasteiger partial charge in [-0.05, 0) is 25.1 Å². The van der Waals surface area contributed by atoms with Crippen LogP contribution in [0.5, 0.6) is 0 Å². The molecule has 0 aromatic heterocycles. The Bertz CT molecular complexity index is 470. The van der Waals surface area contributed by atoms with E-state index in [4.69, 9.17) is 0 Å². The molecule has 1 aliphatic rings. The van der Waals surface area contributed by atoms with Gasteiger partial charge in [0.15, 0.2) is 0 Å². The van der Waals surface area contributed by atoms with Crippen molar-refractivity contribution in [1.29, 1.82) is 0 Å². The molecule has 0 radical (unpaired) electrons. The first-order valence-corrected chi connectivity index (χ1v) is 6.62. The van der Waals surface area contributed by atoms with E-state index >= 15 is 0 Å². The summed E-state index contributed by atoms with van der Waals surface area (Å²) < 4.78 is 0. The lowest BCUT2D eigenvalue weighted by molar-refractivity contribution is -0.121. The van der Waals surface area contributed by atoms with Crippen LogP contribution in [0.3, 0.4) is 0 Å². The zero-order valence-corrected chi connectivity index (χ0v) is 11.2. The van der Waals surface area contributed by atoms with Gasteiger partial charge in [0.05, 0.1) is 12.1 Å². The van der Waals surface area contributed by atoms with Gasteiger partial charge < -0.3 is 21.1 Å². The predicted molar refractivity (Wildman–Crippen MR) is 74.2 cm³/mol. The first-order chi connectivity index (χ1) is 9.59. The highest BCUT2D eigenvalue weighted by Gasteiger charge is 2.31. The fourth-order valence-electron chi connectivity index (χ4n) is 2.06. The van der Waals surface area contributed by atoms with Crippen LogP contribution in [0.15, 0.2) is 30.3 Å². The van der Waals surface area contributed by atoms with E-state index < -0.39 is 5.60 Å². The molecule has 0 saturated carbocycles. The highest BCUT2D eigenvalue weighted by molar-refractivity contribution is 5.96. The normalized spacial score (nSPS) is 21.4. The zero-order valence-electron chi connectivity index (χ0n) is 11.2. The zero-order chi connectivity index (χ0) is 14.4. The van der Waals surface area contributed by atoms with Crippen molar-refractivity contribution in [2.24, 2.45) is 0 Å². The molecule has 1 heterocycles. The van der Waals surface area contributed by atoms with E-state index in [0.717, 1.165) is 6.54 Å². The molecule has 1 aromatic rings. The van der Waals surface area contributed by atoms with Crippen molar-refractivity contribution in [3.05, 3.63) is 35.9 Å². The van der Waals surface area contributed by atoms with Crippen molar-refractivity contribution in [2.45, 2.75) is 12.0 Å². The fourth-order valence-corrected chi connectivity index (χ4v) is 2.06. The molecule has 2 amide bonds. The summed E-state index contributed by atoms with van der Waals surface area (Å²) in [5, 5.41) is 18.2. The third kappa shape index (κ3) is 4.04. The molecule has 0 aliphatic carbocycles. The summed E-state index contributed by atoms with van der Waals surface area (Å²) in [5.74, 6) is -0.600. The summed E-state index contributed by atoms with van der Waals surface area (Å²) in [7, 11) is 0. The largest absolute Gasteiger partial charge is 0.387 e. The van der Waals surface area contributed by atoms with Crippen molar-refractivity contribution >= 4 is 11.8 Å². The molecule has 0 bridgehead atoms. The van der Waals surface area contributed by atoms with Crippen molar-refractivity contribution < 1.29 is 14.7 Å². The Kier molecular flexibility index (Phi) is 4.70. The monoisotopic (exact) mass is 277 g/mol. The second kappa shape index (κ2) is 6.49. The van der Waals surface area contributed by atoms with Crippen molar-refractivity contribution in [3.8, 4) is 0 Å². The van der Waals surface area contributed by atoms with E-state index in [1.807, 2.05) is 6.07 Å². The molecule has 20 heavy (non-hydrogen) atoms. The first kappa shape index (κ1) is 14.5. The minimum absolute atomic E-state index is 0.1000. The summed E-state index contributed by atoms with van der Waals surface area (Å²) in [5.41, 5.74) is -0.363. The molecule has 6 nitrogen and oxygen atoms in total. The van der Waals surface area contributed by atoms with Crippen LogP contribution in [-0.4, -0.2) is 48.7 Å². The molecule has 1 atom stereocenters. The van der Waals surface area contributed by atoms with E-state index in [1.165, 1.54) is 0 Å². The highest BCUT2D eigenvalue weighted by Crippen LogP contribution is 2.12. The Labute approximate surface area is 117 Å². The molecule has 1 aromatic carbocycles. The fraction of sp³-hybridized carbons (Fsp3) is 0.429. The summed E-state index contributed by atoms with van der Waals surface area (Å²) in [6, 6.07) is 8.70. The van der Waals surface area contributed by atoms with Gasteiger partial charge in [0.1, 0.15) is 0 Å². The maximum atomic E-state index is 11.7. The summed E-state index contributed by atoms with van der Waals surface area (Å²) >= 11 is 0. The molecule has 1 fully saturated rings. The van der Waals surface area contributed by atoms with Gasteiger partial charge in [0, 0.05) is 18.7 Å². The van der Waals surface area contributed by atoms with Gasteiger partial charge >= 0.3 is 0 Å². The van der Waals surface area contributed by atoms with Gasteiger partial charge in [0.25, 0.3) is 5.91 Å². The number of aliphatic hydroxyl groups is 1. The second-order valence-electron chi connectivity index (χ2n) is 4.98. The summed E-state index contributed by atoms with van der Waals surface area (Å²) in [6.07, 6.45) is 0.615. The Hall–Kier alpha value is -1.92. The molecule has 108 valence electrons. The molecule has 0 spiro atoms. The predicted octanol–water partition coefficient (Wildman–Crippen LogP) is -0.743. The summed E-state index contributed by atoms with van der Waals surface area (Å²) in [4.78, 5) is 23.3. The quantitative estimate of drug-likeness (QED) is 0.570. The van der Waals surface area contributed by atoms with Crippen molar-refractivity contribution in [3.63, 3.8) is 0 Å². The maximum Gasteiger partial charge on any atom is 0.251 e. The molecule has 1 saturated heterocycles. The Balaban J connectivity index is 1.71. The van der Waals surface area contributed by atoms with E-state index in [9.17, 15) is 14.7 Å². The topological polar surface area (TPSA) is 90.5 Å². The Morgan fingerprint density at radius 1 is 1.25 bits per heavy atom.